The standard InChI is InChI=1S/C28H36N2O4/c1-20(2)19-25(21(3)31)30(4)26(32)13-9-6-10-18-29-28(34)24-16-14-23(15-17-24)27(33)22-11-7-5-8-12-22/h5,7-8,11-12,14-17,20,25H,6,9-10,13,18-19H2,1-4H3,(H,29,34). The molecule has 0 aliphatic carbocycles. The summed E-state index contributed by atoms with van der Waals surface area (Å²) in [6, 6.07) is 15.3. The Bertz CT molecular complexity index is 968. The molecule has 0 fully saturated rings. The number of benzene rings is 2. The van der Waals surface area contributed by atoms with Gasteiger partial charge in [-0.15, -0.1) is 0 Å². The minimum absolute atomic E-state index is 0.0183. The second kappa shape index (κ2) is 13.4. The Morgan fingerprint density at radius 3 is 2.00 bits per heavy atom. The molecule has 182 valence electrons. The van der Waals surface area contributed by atoms with Crippen molar-refractivity contribution >= 4 is 23.4 Å². The molecule has 0 saturated heterocycles. The summed E-state index contributed by atoms with van der Waals surface area (Å²) in [5.41, 5.74) is 1.65. The molecule has 0 radical (unpaired) electrons. The summed E-state index contributed by atoms with van der Waals surface area (Å²) in [7, 11) is 1.70. The van der Waals surface area contributed by atoms with Crippen LogP contribution < -0.4 is 5.32 Å². The summed E-state index contributed by atoms with van der Waals surface area (Å²) in [4.78, 5) is 50.7. The zero-order valence-corrected chi connectivity index (χ0v) is 20.7. The molecular formula is C28H36N2O4. The lowest BCUT2D eigenvalue weighted by molar-refractivity contribution is -0.138. The lowest BCUT2D eigenvalue weighted by Gasteiger charge is -2.27. The summed E-state index contributed by atoms with van der Waals surface area (Å²) < 4.78 is 0. The fourth-order valence-corrected chi connectivity index (χ4v) is 3.80. The molecule has 1 N–H and O–H groups in total. The van der Waals surface area contributed by atoms with Crippen molar-refractivity contribution in [2.45, 2.75) is 58.9 Å². The first-order valence-electron chi connectivity index (χ1n) is 11.9. The summed E-state index contributed by atoms with van der Waals surface area (Å²) in [6.45, 7) is 6.13. The van der Waals surface area contributed by atoms with Crippen molar-refractivity contribution in [2.24, 2.45) is 5.92 Å². The third kappa shape index (κ3) is 8.25. The molecule has 6 heteroatoms. The topological polar surface area (TPSA) is 83.6 Å². The van der Waals surface area contributed by atoms with Crippen LogP contribution in [0, 0.1) is 5.92 Å². The van der Waals surface area contributed by atoms with Gasteiger partial charge in [0.25, 0.3) is 5.91 Å². The van der Waals surface area contributed by atoms with Crippen molar-refractivity contribution in [3.05, 3.63) is 71.3 Å². The molecule has 0 aliphatic heterocycles. The number of nitrogens with one attached hydrogen (secondary N) is 1. The number of rotatable bonds is 13. The Kier molecular flexibility index (Phi) is 10.7. The van der Waals surface area contributed by atoms with Crippen molar-refractivity contribution in [3.63, 3.8) is 0 Å². The van der Waals surface area contributed by atoms with Gasteiger partial charge in [0, 0.05) is 36.7 Å². The predicted molar refractivity (Wildman–Crippen MR) is 134 cm³/mol. The monoisotopic (exact) mass is 464 g/mol. The van der Waals surface area contributed by atoms with Gasteiger partial charge in [0.1, 0.15) is 0 Å². The Morgan fingerprint density at radius 2 is 1.41 bits per heavy atom. The molecule has 34 heavy (non-hydrogen) atoms. The number of unbranched alkanes of at least 4 members (excludes halogenated alkanes) is 2. The van der Waals surface area contributed by atoms with Crippen LogP contribution in [0.15, 0.2) is 54.6 Å². The van der Waals surface area contributed by atoms with E-state index in [9.17, 15) is 19.2 Å². The Morgan fingerprint density at radius 1 is 0.824 bits per heavy atom. The van der Waals surface area contributed by atoms with E-state index in [1.165, 1.54) is 6.92 Å². The second-order valence-corrected chi connectivity index (χ2v) is 9.10. The van der Waals surface area contributed by atoms with E-state index in [1.807, 2.05) is 32.0 Å². The smallest absolute Gasteiger partial charge is 0.251 e. The first kappa shape index (κ1) is 27.0. The molecule has 0 aromatic heterocycles. The van der Waals surface area contributed by atoms with Gasteiger partial charge in [-0.05, 0) is 44.2 Å². The SMILES string of the molecule is CC(=O)C(CC(C)C)N(C)C(=O)CCCCCNC(=O)c1ccc(C(=O)c2ccccc2)cc1. The largest absolute Gasteiger partial charge is 0.352 e. The third-order valence-electron chi connectivity index (χ3n) is 5.82. The molecule has 0 saturated carbocycles. The fraction of sp³-hybridized carbons (Fsp3) is 0.429. The third-order valence-corrected chi connectivity index (χ3v) is 5.82. The number of ketones is 2. The number of amides is 2. The van der Waals surface area contributed by atoms with E-state index in [-0.39, 0.29) is 29.4 Å². The van der Waals surface area contributed by atoms with Gasteiger partial charge in [-0.25, -0.2) is 0 Å². The van der Waals surface area contributed by atoms with Crippen LogP contribution >= 0.6 is 0 Å². The quantitative estimate of drug-likeness (QED) is 0.345. The molecule has 1 unspecified atom stereocenters. The van der Waals surface area contributed by atoms with Crippen molar-refractivity contribution in [2.75, 3.05) is 13.6 Å². The van der Waals surface area contributed by atoms with Crippen LogP contribution in [0.5, 0.6) is 0 Å². The van der Waals surface area contributed by atoms with Gasteiger partial charge >= 0.3 is 0 Å². The molecule has 1 atom stereocenters. The highest BCUT2D eigenvalue weighted by atomic mass is 16.2. The maximum atomic E-state index is 12.5. The van der Waals surface area contributed by atoms with Gasteiger partial charge in [0.05, 0.1) is 6.04 Å². The van der Waals surface area contributed by atoms with Crippen molar-refractivity contribution in [3.8, 4) is 0 Å². The van der Waals surface area contributed by atoms with Gasteiger partial charge in [0.15, 0.2) is 11.6 Å². The van der Waals surface area contributed by atoms with Gasteiger partial charge in [0.2, 0.25) is 5.91 Å². The maximum Gasteiger partial charge on any atom is 0.251 e. The van der Waals surface area contributed by atoms with Crippen LogP contribution in [0.1, 0.15) is 79.2 Å². The number of carbonyl (C=O) groups is 4. The maximum absolute atomic E-state index is 12.5. The molecule has 0 aliphatic rings. The van der Waals surface area contributed by atoms with Gasteiger partial charge in [-0.2, -0.15) is 0 Å². The first-order valence-corrected chi connectivity index (χ1v) is 11.9. The van der Waals surface area contributed by atoms with E-state index >= 15 is 0 Å². The Balaban J connectivity index is 1.71. The highest BCUT2D eigenvalue weighted by Crippen LogP contribution is 2.14. The molecule has 2 aromatic rings. The van der Waals surface area contributed by atoms with E-state index in [1.54, 1.807) is 48.3 Å². The Labute approximate surface area is 202 Å². The number of carbonyl (C=O) groups excluding carboxylic acids is 4. The highest BCUT2D eigenvalue weighted by molar-refractivity contribution is 6.09. The van der Waals surface area contributed by atoms with Crippen LogP contribution in [-0.4, -0.2) is 47.9 Å². The van der Waals surface area contributed by atoms with Crippen LogP contribution in [0.3, 0.4) is 0 Å². The van der Waals surface area contributed by atoms with E-state index in [4.69, 9.17) is 0 Å². The molecule has 2 aromatic carbocycles. The van der Waals surface area contributed by atoms with Crippen LogP contribution in [-0.2, 0) is 9.59 Å². The Hall–Kier alpha value is -3.28. The summed E-state index contributed by atoms with van der Waals surface area (Å²) in [5.74, 6) is 0.0761. The fourth-order valence-electron chi connectivity index (χ4n) is 3.80. The lowest BCUT2D eigenvalue weighted by atomic mass is 9.99. The number of hydrogen-bond acceptors (Lipinski definition) is 4. The average Bonchev–Trinajstić information content (AvgIpc) is 2.83. The zero-order valence-electron chi connectivity index (χ0n) is 20.7. The van der Waals surface area contributed by atoms with Gasteiger partial charge < -0.3 is 10.2 Å². The van der Waals surface area contributed by atoms with Gasteiger partial charge in [-0.1, -0.05) is 62.7 Å². The van der Waals surface area contributed by atoms with E-state index in [0.717, 1.165) is 12.8 Å². The zero-order chi connectivity index (χ0) is 25.1. The molecule has 0 spiro atoms. The summed E-state index contributed by atoms with van der Waals surface area (Å²) >= 11 is 0. The van der Waals surface area contributed by atoms with E-state index < -0.39 is 0 Å². The lowest BCUT2D eigenvalue weighted by Crippen LogP contribution is -2.42. The molecule has 0 heterocycles. The van der Waals surface area contributed by atoms with Crippen molar-refractivity contribution in [1.82, 2.24) is 10.2 Å². The minimum atomic E-state index is -0.360. The van der Waals surface area contributed by atoms with Crippen LogP contribution in [0.2, 0.25) is 0 Å². The minimum Gasteiger partial charge on any atom is -0.352 e. The first-order chi connectivity index (χ1) is 16.2. The molecular weight excluding hydrogens is 428 g/mol. The highest BCUT2D eigenvalue weighted by Gasteiger charge is 2.24. The molecule has 2 rings (SSSR count). The van der Waals surface area contributed by atoms with Crippen molar-refractivity contribution in [1.29, 1.82) is 0 Å². The average molecular weight is 465 g/mol. The van der Waals surface area contributed by atoms with Gasteiger partial charge in [-0.3, -0.25) is 19.2 Å². The van der Waals surface area contributed by atoms with E-state index in [2.05, 4.69) is 5.32 Å². The number of Topliss-reactive ketones (excluding diaryl/α,β-unsaturated/α-hetero) is 1. The number of likely N-dealkylation sites (N-methyl/N-ethyl adjacent to an activating group) is 1. The van der Waals surface area contributed by atoms with Crippen LogP contribution in [0.4, 0.5) is 0 Å². The second-order valence-electron chi connectivity index (χ2n) is 9.10. The summed E-state index contributed by atoms with van der Waals surface area (Å²) in [5, 5.41) is 2.88. The molecule has 6 nitrogen and oxygen atoms in total. The predicted octanol–water partition coefficient (Wildman–Crippen LogP) is 4.67. The van der Waals surface area contributed by atoms with Crippen LogP contribution in [0.25, 0.3) is 0 Å². The normalized spacial score (nSPS) is 11.7. The molecule has 2 amide bonds. The van der Waals surface area contributed by atoms with Crippen molar-refractivity contribution < 1.29 is 19.2 Å². The number of nitrogens with zero attached hydrogens (tertiary/aromatic N) is 1. The number of hydrogen-bond donors (Lipinski definition) is 1. The van der Waals surface area contributed by atoms with E-state index in [0.29, 0.717) is 48.4 Å². The molecule has 0 bridgehead atoms. The summed E-state index contributed by atoms with van der Waals surface area (Å²) in [6.07, 6.45) is 3.34.